The first kappa shape index (κ1) is 20.9. The van der Waals surface area contributed by atoms with Crippen molar-refractivity contribution in [2.75, 3.05) is 17.7 Å². The lowest BCUT2D eigenvalue weighted by molar-refractivity contribution is -0.144. The van der Waals surface area contributed by atoms with Gasteiger partial charge in [-0.1, -0.05) is 56.3 Å². The number of thioether (sulfide) groups is 1. The molecular formula is C24H25NO3S. The van der Waals surface area contributed by atoms with E-state index in [1.54, 1.807) is 0 Å². The summed E-state index contributed by atoms with van der Waals surface area (Å²) in [6, 6.07) is 21.9. The van der Waals surface area contributed by atoms with Crippen LogP contribution in [0.1, 0.15) is 31.7 Å². The van der Waals surface area contributed by atoms with Gasteiger partial charge in [0.1, 0.15) is 0 Å². The number of fused-ring (bicyclic) bond motifs is 1. The van der Waals surface area contributed by atoms with Crippen LogP contribution in [0.15, 0.2) is 71.6 Å². The molecule has 4 nitrogen and oxygen atoms in total. The highest BCUT2D eigenvalue weighted by Crippen LogP contribution is 2.24. The van der Waals surface area contributed by atoms with Crippen molar-refractivity contribution in [3.8, 4) is 0 Å². The number of amides is 1. The smallest absolute Gasteiger partial charge is 0.316 e. The van der Waals surface area contributed by atoms with Crippen LogP contribution in [0.2, 0.25) is 0 Å². The molecule has 150 valence electrons. The standard InChI is InChI=1S/C24H25NO3S/c1-3-17(2)18-8-11-21(12-9-18)25-23(26)15-28-24(27)16-29-22-13-10-19-6-4-5-7-20(19)14-22/h4-14,17H,3,15-16H2,1-2H3,(H,25,26)/t17-/m1/s1. The molecular weight excluding hydrogens is 382 g/mol. The van der Waals surface area contributed by atoms with E-state index in [4.69, 9.17) is 4.74 Å². The van der Waals surface area contributed by atoms with Crippen LogP contribution >= 0.6 is 11.8 Å². The van der Waals surface area contributed by atoms with Gasteiger partial charge in [0.15, 0.2) is 6.61 Å². The first-order chi connectivity index (χ1) is 14.0. The van der Waals surface area contributed by atoms with Gasteiger partial charge in [-0.25, -0.2) is 0 Å². The number of esters is 1. The lowest BCUT2D eigenvalue weighted by Gasteiger charge is -2.10. The monoisotopic (exact) mass is 407 g/mol. The molecule has 3 aromatic rings. The number of ether oxygens (including phenoxy) is 1. The van der Waals surface area contributed by atoms with Crippen LogP contribution < -0.4 is 5.32 Å². The first-order valence-corrected chi connectivity index (χ1v) is 10.7. The van der Waals surface area contributed by atoms with Crippen LogP contribution in [0.4, 0.5) is 5.69 Å². The van der Waals surface area contributed by atoms with Gasteiger partial charge in [-0.05, 0) is 52.9 Å². The van der Waals surface area contributed by atoms with Crippen molar-refractivity contribution in [3.63, 3.8) is 0 Å². The van der Waals surface area contributed by atoms with Gasteiger partial charge in [0.2, 0.25) is 0 Å². The van der Waals surface area contributed by atoms with Crippen molar-refractivity contribution < 1.29 is 14.3 Å². The van der Waals surface area contributed by atoms with Crippen molar-refractivity contribution in [1.29, 1.82) is 0 Å². The number of anilines is 1. The minimum absolute atomic E-state index is 0.162. The van der Waals surface area contributed by atoms with Gasteiger partial charge in [-0.2, -0.15) is 0 Å². The maximum atomic E-state index is 12.0. The summed E-state index contributed by atoms with van der Waals surface area (Å²) >= 11 is 1.40. The summed E-state index contributed by atoms with van der Waals surface area (Å²) in [5.41, 5.74) is 1.94. The van der Waals surface area contributed by atoms with Crippen molar-refractivity contribution in [2.45, 2.75) is 31.1 Å². The Hall–Kier alpha value is -2.79. The van der Waals surface area contributed by atoms with E-state index in [0.717, 1.165) is 22.1 Å². The Labute approximate surface area is 175 Å². The van der Waals surface area contributed by atoms with Crippen molar-refractivity contribution in [3.05, 3.63) is 72.3 Å². The van der Waals surface area contributed by atoms with Gasteiger partial charge in [-0.15, -0.1) is 11.8 Å². The normalized spacial score (nSPS) is 11.8. The number of hydrogen-bond acceptors (Lipinski definition) is 4. The van der Waals surface area contributed by atoms with Gasteiger partial charge < -0.3 is 10.1 Å². The zero-order valence-corrected chi connectivity index (χ0v) is 17.5. The fraction of sp³-hybridized carbons (Fsp3) is 0.250. The van der Waals surface area contributed by atoms with E-state index in [2.05, 4.69) is 25.2 Å². The first-order valence-electron chi connectivity index (χ1n) is 9.72. The summed E-state index contributed by atoms with van der Waals surface area (Å²) in [4.78, 5) is 25.0. The third kappa shape index (κ3) is 6.09. The summed E-state index contributed by atoms with van der Waals surface area (Å²) < 4.78 is 5.09. The minimum atomic E-state index is -0.412. The Morgan fingerprint density at radius 1 is 1.00 bits per heavy atom. The molecule has 0 saturated heterocycles. The number of carbonyl (C=O) groups is 2. The summed E-state index contributed by atoms with van der Waals surface area (Å²) in [6.07, 6.45) is 1.07. The lowest BCUT2D eigenvalue weighted by atomic mass is 9.99. The average Bonchev–Trinajstić information content (AvgIpc) is 2.76. The largest absolute Gasteiger partial charge is 0.455 e. The van der Waals surface area contributed by atoms with E-state index in [1.807, 2.05) is 60.7 Å². The fourth-order valence-corrected chi connectivity index (χ4v) is 3.66. The quantitative estimate of drug-likeness (QED) is 0.388. The highest BCUT2D eigenvalue weighted by molar-refractivity contribution is 8.00. The maximum absolute atomic E-state index is 12.0. The Morgan fingerprint density at radius 2 is 1.72 bits per heavy atom. The van der Waals surface area contributed by atoms with Crippen molar-refractivity contribution >= 4 is 40.1 Å². The number of benzene rings is 3. The number of nitrogens with one attached hydrogen (secondary N) is 1. The molecule has 1 amide bonds. The van der Waals surface area contributed by atoms with Crippen LogP contribution in [-0.2, 0) is 14.3 Å². The van der Waals surface area contributed by atoms with Gasteiger partial charge >= 0.3 is 5.97 Å². The van der Waals surface area contributed by atoms with E-state index in [-0.39, 0.29) is 18.3 Å². The van der Waals surface area contributed by atoms with Crippen LogP contribution in [0.5, 0.6) is 0 Å². The molecule has 0 heterocycles. The Bertz CT molecular complexity index is 985. The maximum Gasteiger partial charge on any atom is 0.316 e. The van der Waals surface area contributed by atoms with Gasteiger partial charge in [0, 0.05) is 10.6 Å². The summed E-state index contributed by atoms with van der Waals surface area (Å²) in [5, 5.41) is 5.04. The molecule has 0 bridgehead atoms. The molecule has 0 aliphatic heterocycles. The molecule has 0 unspecified atom stereocenters. The van der Waals surface area contributed by atoms with E-state index in [1.165, 1.54) is 17.3 Å². The van der Waals surface area contributed by atoms with E-state index in [9.17, 15) is 9.59 Å². The van der Waals surface area contributed by atoms with E-state index >= 15 is 0 Å². The average molecular weight is 408 g/mol. The Balaban J connectivity index is 1.43. The molecule has 0 aliphatic carbocycles. The molecule has 5 heteroatoms. The topological polar surface area (TPSA) is 55.4 Å². The molecule has 0 fully saturated rings. The zero-order chi connectivity index (χ0) is 20.6. The highest BCUT2D eigenvalue weighted by Gasteiger charge is 2.10. The third-order valence-corrected chi connectivity index (χ3v) is 5.79. The van der Waals surface area contributed by atoms with Crippen molar-refractivity contribution in [1.82, 2.24) is 0 Å². The zero-order valence-electron chi connectivity index (χ0n) is 16.7. The third-order valence-electron chi connectivity index (χ3n) is 4.82. The van der Waals surface area contributed by atoms with Crippen molar-refractivity contribution in [2.24, 2.45) is 0 Å². The van der Waals surface area contributed by atoms with E-state index in [0.29, 0.717) is 11.6 Å². The molecule has 0 aliphatic rings. The number of carbonyl (C=O) groups excluding carboxylic acids is 2. The summed E-state index contributed by atoms with van der Waals surface area (Å²) in [7, 11) is 0. The fourth-order valence-electron chi connectivity index (χ4n) is 2.91. The molecule has 3 rings (SSSR count). The SMILES string of the molecule is CC[C@@H](C)c1ccc(NC(=O)COC(=O)CSc2ccc3ccccc3c2)cc1. The number of hydrogen-bond donors (Lipinski definition) is 1. The Morgan fingerprint density at radius 3 is 2.45 bits per heavy atom. The highest BCUT2D eigenvalue weighted by atomic mass is 32.2. The molecule has 0 aromatic heterocycles. The molecule has 29 heavy (non-hydrogen) atoms. The second kappa shape index (κ2) is 10.1. The van der Waals surface area contributed by atoms with Gasteiger partial charge in [-0.3, -0.25) is 9.59 Å². The molecule has 0 spiro atoms. The molecule has 1 N–H and O–H groups in total. The summed E-state index contributed by atoms with van der Waals surface area (Å²) in [6.45, 7) is 4.03. The van der Waals surface area contributed by atoms with Crippen LogP contribution in [-0.4, -0.2) is 24.2 Å². The molecule has 0 radical (unpaired) electrons. The predicted octanol–water partition coefficient (Wildman–Crippen LogP) is 5.63. The van der Waals surface area contributed by atoms with Gasteiger partial charge in [0.25, 0.3) is 5.91 Å². The number of rotatable bonds is 8. The molecule has 0 saturated carbocycles. The second-order valence-corrected chi connectivity index (χ2v) is 7.99. The second-order valence-electron chi connectivity index (χ2n) is 6.94. The summed E-state index contributed by atoms with van der Waals surface area (Å²) in [5.74, 6) is -0.105. The van der Waals surface area contributed by atoms with Gasteiger partial charge in [0.05, 0.1) is 5.75 Å². The Kier molecular flexibility index (Phi) is 7.30. The molecule has 3 aromatic carbocycles. The van der Waals surface area contributed by atoms with E-state index < -0.39 is 5.97 Å². The predicted molar refractivity (Wildman–Crippen MR) is 119 cm³/mol. The lowest BCUT2D eigenvalue weighted by Crippen LogP contribution is -2.21. The van der Waals surface area contributed by atoms with Crippen LogP contribution in [0, 0.1) is 0 Å². The van der Waals surface area contributed by atoms with Crippen LogP contribution in [0.3, 0.4) is 0 Å². The molecule has 1 atom stereocenters. The minimum Gasteiger partial charge on any atom is -0.455 e. The van der Waals surface area contributed by atoms with Crippen LogP contribution in [0.25, 0.3) is 10.8 Å².